The number of aliphatic hydroxyl groups is 4. The summed E-state index contributed by atoms with van der Waals surface area (Å²) in [6.07, 6.45) is -5.55. The number of ether oxygens (including phenoxy) is 3. The number of anilines is 1. The molecule has 1 aliphatic rings. The minimum absolute atomic E-state index is 0.284. The first kappa shape index (κ1) is 18.9. The average Bonchev–Trinajstić information content (AvgIpc) is 2.61. The molecular weight excluding hydrogens is 318 g/mol. The molecule has 0 radical (unpaired) electrons. The number of benzene rings is 1. The summed E-state index contributed by atoms with van der Waals surface area (Å²) < 4.78 is 15.7. The van der Waals surface area contributed by atoms with Crippen molar-refractivity contribution in [3.63, 3.8) is 0 Å². The lowest BCUT2D eigenvalue weighted by atomic mass is 9.99. The monoisotopic (exact) mass is 343 g/mol. The van der Waals surface area contributed by atoms with Crippen LogP contribution in [0.4, 0.5) is 5.69 Å². The molecule has 0 aliphatic carbocycles. The van der Waals surface area contributed by atoms with Gasteiger partial charge in [0, 0.05) is 12.2 Å². The van der Waals surface area contributed by atoms with Crippen LogP contribution in [0.25, 0.3) is 0 Å². The van der Waals surface area contributed by atoms with Crippen LogP contribution >= 0.6 is 0 Å². The van der Waals surface area contributed by atoms with Crippen LogP contribution in [0.15, 0.2) is 24.3 Å². The summed E-state index contributed by atoms with van der Waals surface area (Å²) in [5.41, 5.74) is 0.948. The molecule has 0 bridgehead atoms. The van der Waals surface area contributed by atoms with Crippen molar-refractivity contribution >= 4 is 5.69 Å². The zero-order chi connectivity index (χ0) is 17.5. The van der Waals surface area contributed by atoms with E-state index in [1.807, 2.05) is 24.3 Å². The molecule has 1 heterocycles. The summed E-state index contributed by atoms with van der Waals surface area (Å²) in [6.45, 7) is 0.458. The minimum Gasteiger partial charge on any atom is -0.497 e. The Hall–Kier alpha value is -1.42. The first-order valence-corrected chi connectivity index (χ1v) is 7.87. The molecule has 1 aromatic carbocycles. The predicted molar refractivity (Wildman–Crippen MR) is 85.8 cm³/mol. The first-order chi connectivity index (χ1) is 11.6. The quantitative estimate of drug-likeness (QED) is 0.394. The number of hydrogen-bond donors (Lipinski definition) is 5. The van der Waals surface area contributed by atoms with Crippen LogP contribution in [0.2, 0.25) is 0 Å². The molecular formula is C16H25NO7. The van der Waals surface area contributed by atoms with Crippen LogP contribution in [0.1, 0.15) is 6.42 Å². The van der Waals surface area contributed by atoms with E-state index in [4.69, 9.17) is 19.3 Å². The summed E-state index contributed by atoms with van der Waals surface area (Å²) in [4.78, 5) is 0. The highest BCUT2D eigenvalue weighted by molar-refractivity contribution is 5.46. The van der Waals surface area contributed by atoms with Crippen LogP contribution in [0, 0.1) is 0 Å². The summed E-state index contributed by atoms with van der Waals surface area (Å²) in [6, 6.07) is 7.51. The van der Waals surface area contributed by atoms with Crippen molar-refractivity contribution in [2.75, 3.05) is 32.2 Å². The van der Waals surface area contributed by atoms with E-state index in [0.717, 1.165) is 11.4 Å². The maximum absolute atomic E-state index is 9.84. The molecule has 1 saturated heterocycles. The predicted octanol–water partition coefficient (Wildman–Crippen LogP) is -0.686. The standard InChI is InChI=1S/C16H25NO7/c1-22-11-5-3-10(4-6-11)17-7-2-8-23-16-15(21)14(20)13(19)12(9-18)24-16/h3-6,12-21H,2,7-9H2,1H3. The highest BCUT2D eigenvalue weighted by Gasteiger charge is 2.43. The SMILES string of the molecule is COc1ccc(NCCCOC2OC(CO)C(O)C(O)C2O)cc1. The maximum atomic E-state index is 9.84. The van der Waals surface area contributed by atoms with Crippen LogP contribution in [-0.2, 0) is 9.47 Å². The van der Waals surface area contributed by atoms with Gasteiger partial charge in [-0.3, -0.25) is 0 Å². The molecule has 5 atom stereocenters. The molecule has 1 aromatic rings. The van der Waals surface area contributed by atoms with Gasteiger partial charge in [0.25, 0.3) is 0 Å². The molecule has 0 saturated carbocycles. The van der Waals surface area contributed by atoms with Gasteiger partial charge in [-0.2, -0.15) is 0 Å². The van der Waals surface area contributed by atoms with Crippen molar-refractivity contribution < 1.29 is 34.6 Å². The van der Waals surface area contributed by atoms with Crippen molar-refractivity contribution in [3.8, 4) is 5.75 Å². The van der Waals surface area contributed by atoms with E-state index in [9.17, 15) is 15.3 Å². The van der Waals surface area contributed by atoms with Crippen molar-refractivity contribution in [1.82, 2.24) is 0 Å². The van der Waals surface area contributed by atoms with Crippen molar-refractivity contribution in [2.45, 2.75) is 37.1 Å². The smallest absolute Gasteiger partial charge is 0.186 e. The molecule has 0 spiro atoms. The maximum Gasteiger partial charge on any atom is 0.186 e. The van der Waals surface area contributed by atoms with Gasteiger partial charge in [-0.25, -0.2) is 0 Å². The second kappa shape index (κ2) is 9.16. The topological polar surface area (TPSA) is 121 Å². The Morgan fingerprint density at radius 3 is 2.42 bits per heavy atom. The Kier molecular flexibility index (Phi) is 7.22. The molecule has 8 heteroatoms. The van der Waals surface area contributed by atoms with Gasteiger partial charge in [0.05, 0.1) is 20.3 Å². The minimum atomic E-state index is -1.42. The molecule has 0 aromatic heterocycles. The first-order valence-electron chi connectivity index (χ1n) is 7.87. The molecule has 5 unspecified atom stereocenters. The van der Waals surface area contributed by atoms with Crippen LogP contribution in [0.3, 0.4) is 0 Å². The van der Waals surface area contributed by atoms with E-state index >= 15 is 0 Å². The molecule has 8 nitrogen and oxygen atoms in total. The summed E-state index contributed by atoms with van der Waals surface area (Å²) in [5, 5.41) is 41.5. The highest BCUT2D eigenvalue weighted by atomic mass is 16.7. The van der Waals surface area contributed by atoms with Crippen molar-refractivity contribution in [3.05, 3.63) is 24.3 Å². The highest BCUT2D eigenvalue weighted by Crippen LogP contribution is 2.22. The van der Waals surface area contributed by atoms with Gasteiger partial charge in [-0.05, 0) is 30.7 Å². The lowest BCUT2D eigenvalue weighted by molar-refractivity contribution is -0.301. The van der Waals surface area contributed by atoms with Crippen LogP contribution in [-0.4, -0.2) is 78.0 Å². The van der Waals surface area contributed by atoms with E-state index < -0.39 is 37.3 Å². The number of methoxy groups -OCH3 is 1. The fourth-order valence-electron chi connectivity index (χ4n) is 2.42. The number of rotatable bonds is 8. The van der Waals surface area contributed by atoms with E-state index in [1.54, 1.807) is 7.11 Å². The average molecular weight is 343 g/mol. The number of hydrogen-bond acceptors (Lipinski definition) is 8. The molecule has 2 rings (SSSR count). The van der Waals surface area contributed by atoms with Gasteiger partial charge in [-0.1, -0.05) is 0 Å². The van der Waals surface area contributed by atoms with Gasteiger partial charge in [0.2, 0.25) is 0 Å². The number of aliphatic hydroxyl groups excluding tert-OH is 4. The fraction of sp³-hybridized carbons (Fsp3) is 0.625. The molecule has 136 valence electrons. The molecule has 24 heavy (non-hydrogen) atoms. The second-order valence-electron chi connectivity index (χ2n) is 5.58. The molecule has 0 amide bonds. The Morgan fingerprint density at radius 2 is 1.79 bits per heavy atom. The summed E-state index contributed by atoms with van der Waals surface area (Å²) >= 11 is 0. The van der Waals surface area contributed by atoms with E-state index in [2.05, 4.69) is 5.32 Å². The zero-order valence-electron chi connectivity index (χ0n) is 13.5. The lowest BCUT2D eigenvalue weighted by Crippen LogP contribution is -2.59. The summed E-state index contributed by atoms with van der Waals surface area (Å²) in [5.74, 6) is 0.784. The molecule has 5 N–H and O–H groups in total. The Morgan fingerprint density at radius 1 is 1.08 bits per heavy atom. The third-order valence-corrected chi connectivity index (χ3v) is 3.87. The molecule has 1 fully saturated rings. The lowest BCUT2D eigenvalue weighted by Gasteiger charge is -2.39. The van der Waals surface area contributed by atoms with Crippen molar-refractivity contribution in [1.29, 1.82) is 0 Å². The van der Waals surface area contributed by atoms with Crippen LogP contribution < -0.4 is 10.1 Å². The van der Waals surface area contributed by atoms with Gasteiger partial charge >= 0.3 is 0 Å². The Balaban J connectivity index is 1.69. The third-order valence-electron chi connectivity index (χ3n) is 3.87. The normalized spacial score (nSPS) is 30.1. The van der Waals surface area contributed by atoms with Gasteiger partial charge in [-0.15, -0.1) is 0 Å². The van der Waals surface area contributed by atoms with Gasteiger partial charge in [0.15, 0.2) is 6.29 Å². The van der Waals surface area contributed by atoms with Crippen molar-refractivity contribution in [2.24, 2.45) is 0 Å². The van der Waals surface area contributed by atoms with Gasteiger partial charge in [0.1, 0.15) is 30.2 Å². The Bertz CT molecular complexity index is 482. The van der Waals surface area contributed by atoms with Crippen LogP contribution in [0.5, 0.6) is 5.75 Å². The second-order valence-corrected chi connectivity index (χ2v) is 5.58. The molecule has 1 aliphatic heterocycles. The van der Waals surface area contributed by atoms with E-state index in [-0.39, 0.29) is 6.61 Å². The van der Waals surface area contributed by atoms with Gasteiger partial charge < -0.3 is 40.0 Å². The van der Waals surface area contributed by atoms with E-state index in [0.29, 0.717) is 13.0 Å². The fourth-order valence-corrected chi connectivity index (χ4v) is 2.42. The van der Waals surface area contributed by atoms with E-state index in [1.165, 1.54) is 0 Å². The number of nitrogens with one attached hydrogen (secondary N) is 1. The third kappa shape index (κ3) is 4.79. The largest absolute Gasteiger partial charge is 0.497 e. The zero-order valence-corrected chi connectivity index (χ0v) is 13.5. The Labute approximate surface area is 140 Å². The summed E-state index contributed by atoms with van der Waals surface area (Å²) in [7, 11) is 1.61.